The molecule has 16 heavy (non-hydrogen) atoms. The van der Waals surface area contributed by atoms with Crippen molar-refractivity contribution < 1.29 is 8.42 Å². The van der Waals surface area contributed by atoms with Gasteiger partial charge in [-0.15, -0.1) is 0 Å². The van der Waals surface area contributed by atoms with Crippen molar-refractivity contribution in [2.75, 3.05) is 25.1 Å². The van der Waals surface area contributed by atoms with Crippen LogP contribution in [0.1, 0.15) is 17.0 Å². The summed E-state index contributed by atoms with van der Waals surface area (Å²) in [7, 11) is -2.83. The lowest BCUT2D eigenvalue weighted by Crippen LogP contribution is -2.31. The molecular weight excluding hydrogens is 222 g/mol. The maximum atomic E-state index is 10.9. The van der Waals surface area contributed by atoms with E-state index in [4.69, 9.17) is 0 Å². The molecular formula is C12H17NO2S. The molecule has 0 aliphatic heterocycles. The molecule has 1 aliphatic rings. The van der Waals surface area contributed by atoms with Crippen molar-refractivity contribution in [3.05, 3.63) is 35.4 Å². The van der Waals surface area contributed by atoms with Crippen molar-refractivity contribution in [1.29, 1.82) is 0 Å². The summed E-state index contributed by atoms with van der Waals surface area (Å²) in [5, 5.41) is 3.21. The maximum Gasteiger partial charge on any atom is 0.148 e. The molecule has 0 spiro atoms. The van der Waals surface area contributed by atoms with Gasteiger partial charge in [0.15, 0.2) is 0 Å². The van der Waals surface area contributed by atoms with Crippen LogP contribution in [0.5, 0.6) is 0 Å². The van der Waals surface area contributed by atoms with Gasteiger partial charge in [0, 0.05) is 25.3 Å². The van der Waals surface area contributed by atoms with Crippen LogP contribution in [0, 0.1) is 0 Å². The fraction of sp³-hybridized carbons (Fsp3) is 0.500. The Morgan fingerprint density at radius 1 is 1.38 bits per heavy atom. The van der Waals surface area contributed by atoms with Gasteiger partial charge in [-0.2, -0.15) is 0 Å². The molecule has 1 unspecified atom stereocenters. The summed E-state index contributed by atoms with van der Waals surface area (Å²) in [5.41, 5.74) is 2.84. The van der Waals surface area contributed by atoms with Gasteiger partial charge in [0.25, 0.3) is 0 Å². The first-order valence-electron chi connectivity index (χ1n) is 5.52. The van der Waals surface area contributed by atoms with E-state index < -0.39 is 9.84 Å². The first kappa shape index (κ1) is 11.6. The van der Waals surface area contributed by atoms with Crippen molar-refractivity contribution >= 4 is 9.84 Å². The van der Waals surface area contributed by atoms with Gasteiger partial charge < -0.3 is 5.32 Å². The summed E-state index contributed by atoms with van der Waals surface area (Å²) in [4.78, 5) is 0. The summed E-state index contributed by atoms with van der Waals surface area (Å²) in [6.07, 6.45) is 2.38. The lowest BCUT2D eigenvalue weighted by atomic mass is 9.78. The summed E-state index contributed by atoms with van der Waals surface area (Å²) in [6.45, 7) is 1.43. The second-order valence-corrected chi connectivity index (χ2v) is 6.69. The zero-order valence-electron chi connectivity index (χ0n) is 9.44. The van der Waals surface area contributed by atoms with Gasteiger partial charge in [-0.1, -0.05) is 24.3 Å². The van der Waals surface area contributed by atoms with Crippen molar-refractivity contribution in [2.24, 2.45) is 0 Å². The molecule has 0 aromatic heterocycles. The third kappa shape index (κ3) is 2.83. The largest absolute Gasteiger partial charge is 0.315 e. The minimum atomic E-state index is -2.83. The molecule has 2 rings (SSSR count). The Kier molecular flexibility index (Phi) is 3.30. The first-order valence-corrected chi connectivity index (χ1v) is 7.58. The van der Waals surface area contributed by atoms with Gasteiger partial charge in [0.2, 0.25) is 0 Å². The Morgan fingerprint density at radius 3 is 2.81 bits per heavy atom. The second-order valence-electron chi connectivity index (χ2n) is 4.43. The highest BCUT2D eigenvalue weighted by atomic mass is 32.2. The number of fused-ring (bicyclic) bond motifs is 1. The molecule has 1 aromatic carbocycles. The molecule has 1 atom stereocenters. The Morgan fingerprint density at radius 2 is 2.12 bits per heavy atom. The Hall–Kier alpha value is -0.870. The number of benzene rings is 1. The van der Waals surface area contributed by atoms with E-state index in [1.807, 2.05) is 0 Å². The molecule has 88 valence electrons. The van der Waals surface area contributed by atoms with E-state index in [2.05, 4.69) is 29.6 Å². The second kappa shape index (κ2) is 4.55. The normalized spacial score (nSPS) is 18.9. The summed E-state index contributed by atoms with van der Waals surface area (Å²) >= 11 is 0. The molecule has 3 nitrogen and oxygen atoms in total. The van der Waals surface area contributed by atoms with E-state index >= 15 is 0 Å². The highest BCUT2D eigenvalue weighted by Gasteiger charge is 2.24. The topological polar surface area (TPSA) is 46.2 Å². The molecule has 1 N–H and O–H groups in total. The highest BCUT2D eigenvalue weighted by molar-refractivity contribution is 7.90. The standard InChI is InChI=1S/C12H17NO2S/c1-16(14,15)7-6-13-9-11-8-10-4-2-3-5-12(10)11/h2-5,11,13H,6-9H2,1H3. The molecule has 0 saturated heterocycles. The van der Waals surface area contributed by atoms with Crippen LogP contribution in [0.15, 0.2) is 24.3 Å². The van der Waals surface area contributed by atoms with E-state index in [9.17, 15) is 8.42 Å². The van der Waals surface area contributed by atoms with E-state index in [1.54, 1.807) is 0 Å². The number of nitrogens with one attached hydrogen (secondary N) is 1. The Balaban J connectivity index is 1.74. The zero-order chi connectivity index (χ0) is 11.6. The van der Waals surface area contributed by atoms with E-state index in [0.29, 0.717) is 12.5 Å². The van der Waals surface area contributed by atoms with Crippen LogP contribution in [0.4, 0.5) is 0 Å². The van der Waals surface area contributed by atoms with Crippen molar-refractivity contribution in [2.45, 2.75) is 12.3 Å². The minimum absolute atomic E-state index is 0.224. The Bertz CT molecular complexity index is 468. The summed E-state index contributed by atoms with van der Waals surface area (Å²) in [5.74, 6) is 0.789. The average Bonchev–Trinajstić information content (AvgIpc) is 2.17. The molecule has 0 radical (unpaired) electrons. The molecule has 0 saturated carbocycles. The van der Waals surface area contributed by atoms with Gasteiger partial charge >= 0.3 is 0 Å². The van der Waals surface area contributed by atoms with Crippen LogP contribution in [0.3, 0.4) is 0 Å². The third-order valence-electron chi connectivity index (χ3n) is 3.00. The van der Waals surface area contributed by atoms with Crippen molar-refractivity contribution in [3.8, 4) is 0 Å². The average molecular weight is 239 g/mol. The van der Waals surface area contributed by atoms with Crippen LogP contribution in [-0.2, 0) is 16.3 Å². The van der Waals surface area contributed by atoms with Gasteiger partial charge in [-0.25, -0.2) is 8.42 Å². The third-order valence-corrected chi connectivity index (χ3v) is 3.95. The van der Waals surface area contributed by atoms with Gasteiger partial charge in [-0.05, 0) is 17.5 Å². The fourth-order valence-corrected chi connectivity index (χ4v) is 2.59. The maximum absolute atomic E-state index is 10.9. The molecule has 4 heteroatoms. The van der Waals surface area contributed by atoms with Crippen molar-refractivity contribution in [3.63, 3.8) is 0 Å². The molecule has 1 aliphatic carbocycles. The van der Waals surface area contributed by atoms with Crippen molar-refractivity contribution in [1.82, 2.24) is 5.32 Å². The first-order chi connectivity index (χ1) is 7.56. The van der Waals surface area contributed by atoms with Gasteiger partial charge in [0.05, 0.1) is 5.75 Å². The van der Waals surface area contributed by atoms with Crippen LogP contribution < -0.4 is 5.32 Å². The summed E-state index contributed by atoms with van der Waals surface area (Å²) in [6, 6.07) is 8.43. The van der Waals surface area contributed by atoms with E-state index in [1.165, 1.54) is 17.4 Å². The van der Waals surface area contributed by atoms with Gasteiger partial charge in [-0.3, -0.25) is 0 Å². The molecule has 0 heterocycles. The predicted octanol–water partition coefficient (Wildman–Crippen LogP) is 0.960. The number of hydrogen-bond acceptors (Lipinski definition) is 3. The van der Waals surface area contributed by atoms with Gasteiger partial charge in [0.1, 0.15) is 9.84 Å². The lowest BCUT2D eigenvalue weighted by Gasteiger charge is -2.30. The minimum Gasteiger partial charge on any atom is -0.315 e. The smallest absolute Gasteiger partial charge is 0.148 e. The molecule has 0 bridgehead atoms. The highest BCUT2D eigenvalue weighted by Crippen LogP contribution is 2.33. The quantitative estimate of drug-likeness (QED) is 0.779. The Labute approximate surface area is 96.8 Å². The van der Waals surface area contributed by atoms with Crippen LogP contribution in [-0.4, -0.2) is 33.5 Å². The predicted molar refractivity (Wildman–Crippen MR) is 65.5 cm³/mol. The zero-order valence-corrected chi connectivity index (χ0v) is 10.3. The van der Waals surface area contributed by atoms with Crippen LogP contribution >= 0.6 is 0 Å². The fourth-order valence-electron chi connectivity index (χ4n) is 2.08. The molecule has 1 aromatic rings. The van der Waals surface area contributed by atoms with Crippen LogP contribution in [0.25, 0.3) is 0 Å². The lowest BCUT2D eigenvalue weighted by molar-refractivity contribution is 0.543. The van der Waals surface area contributed by atoms with E-state index in [-0.39, 0.29) is 5.75 Å². The number of sulfone groups is 1. The number of hydrogen-bond donors (Lipinski definition) is 1. The molecule has 0 fully saturated rings. The SMILES string of the molecule is CS(=O)(=O)CCNCC1Cc2ccccc21. The monoisotopic (exact) mass is 239 g/mol. The van der Waals surface area contributed by atoms with E-state index in [0.717, 1.165) is 13.0 Å². The molecule has 0 amide bonds. The number of rotatable bonds is 5. The van der Waals surface area contributed by atoms with Crippen LogP contribution in [0.2, 0.25) is 0 Å². The summed E-state index contributed by atoms with van der Waals surface area (Å²) < 4.78 is 21.8.